The maximum Gasteiger partial charge on any atom is 0.338 e. The second-order valence-electron chi connectivity index (χ2n) is 7.47. The molecule has 1 N–H and O–H groups in total. The van der Waals surface area contributed by atoms with Gasteiger partial charge in [0.25, 0.3) is 0 Å². The Morgan fingerprint density at radius 3 is 2.53 bits per heavy atom. The van der Waals surface area contributed by atoms with Gasteiger partial charge in [-0.2, -0.15) is 0 Å². The van der Waals surface area contributed by atoms with Crippen LogP contribution in [0.4, 0.5) is 4.79 Å². The number of benzene rings is 2. The summed E-state index contributed by atoms with van der Waals surface area (Å²) in [6.45, 7) is 8.09. The maximum atomic E-state index is 12.9. The average Bonchev–Trinajstić information content (AvgIpc) is 2.71. The summed E-state index contributed by atoms with van der Waals surface area (Å²) in [4.78, 5) is 27.0. The Labute approximate surface area is 177 Å². The van der Waals surface area contributed by atoms with Crippen molar-refractivity contribution >= 4 is 12.0 Å². The molecule has 1 aliphatic rings. The number of rotatable bonds is 6. The van der Waals surface area contributed by atoms with Gasteiger partial charge in [-0.15, -0.1) is 0 Å². The van der Waals surface area contributed by atoms with E-state index in [9.17, 15) is 9.59 Å². The van der Waals surface area contributed by atoms with Crippen LogP contribution < -0.4 is 10.1 Å². The first-order valence-corrected chi connectivity index (χ1v) is 10.0. The summed E-state index contributed by atoms with van der Waals surface area (Å²) in [5, 5.41) is 2.92. The van der Waals surface area contributed by atoms with Crippen molar-refractivity contribution in [1.29, 1.82) is 0 Å². The Morgan fingerprint density at radius 1 is 1.10 bits per heavy atom. The molecule has 1 heterocycles. The largest absolute Gasteiger partial charge is 0.487 e. The van der Waals surface area contributed by atoms with Gasteiger partial charge in [-0.1, -0.05) is 35.9 Å². The molecule has 0 aliphatic carbocycles. The van der Waals surface area contributed by atoms with Crippen LogP contribution in [0.1, 0.15) is 35.2 Å². The third-order valence-electron chi connectivity index (χ3n) is 5.30. The molecule has 2 aromatic rings. The van der Waals surface area contributed by atoms with Crippen LogP contribution in [0.25, 0.3) is 0 Å². The SMILES string of the molecule is CCOC(=O)C1=C(COc2ccc(C)c(C)c2)N(C)C(=O)N[C@H]1c1cccc(C)c1. The molecule has 0 saturated heterocycles. The molecule has 0 radical (unpaired) electrons. The molecule has 30 heavy (non-hydrogen) atoms. The smallest absolute Gasteiger partial charge is 0.338 e. The van der Waals surface area contributed by atoms with E-state index in [-0.39, 0.29) is 19.2 Å². The van der Waals surface area contributed by atoms with Crippen LogP contribution in [0.5, 0.6) is 5.75 Å². The second-order valence-corrected chi connectivity index (χ2v) is 7.47. The van der Waals surface area contributed by atoms with E-state index in [4.69, 9.17) is 9.47 Å². The number of likely N-dealkylation sites (N-methyl/N-ethyl adjacent to an activating group) is 1. The van der Waals surface area contributed by atoms with Crippen LogP contribution in [-0.2, 0) is 9.53 Å². The normalized spacial score (nSPS) is 16.4. The molecular formula is C24H28N2O4. The second kappa shape index (κ2) is 9.03. The molecule has 2 aromatic carbocycles. The van der Waals surface area contributed by atoms with Gasteiger partial charge in [-0.25, -0.2) is 9.59 Å². The minimum absolute atomic E-state index is 0.0723. The predicted octanol–water partition coefficient (Wildman–Crippen LogP) is 4.20. The van der Waals surface area contributed by atoms with Crippen molar-refractivity contribution in [2.24, 2.45) is 0 Å². The Bertz CT molecular complexity index is 996. The third-order valence-corrected chi connectivity index (χ3v) is 5.30. The highest BCUT2D eigenvalue weighted by Crippen LogP contribution is 2.32. The number of carbonyl (C=O) groups excluding carboxylic acids is 2. The minimum Gasteiger partial charge on any atom is -0.487 e. The van der Waals surface area contributed by atoms with Crippen LogP contribution in [0.15, 0.2) is 53.7 Å². The molecular weight excluding hydrogens is 380 g/mol. The number of ether oxygens (including phenoxy) is 2. The van der Waals surface area contributed by atoms with Gasteiger partial charge < -0.3 is 14.8 Å². The van der Waals surface area contributed by atoms with Gasteiger partial charge in [0.2, 0.25) is 0 Å². The number of amides is 2. The number of hydrogen-bond donors (Lipinski definition) is 1. The number of nitrogens with one attached hydrogen (secondary N) is 1. The van der Waals surface area contributed by atoms with Crippen molar-refractivity contribution < 1.29 is 19.1 Å². The van der Waals surface area contributed by atoms with Gasteiger partial charge in [0, 0.05) is 7.05 Å². The monoisotopic (exact) mass is 408 g/mol. The molecule has 0 aromatic heterocycles. The molecule has 1 aliphatic heterocycles. The van der Waals surface area contributed by atoms with Crippen molar-refractivity contribution in [2.75, 3.05) is 20.3 Å². The summed E-state index contributed by atoms with van der Waals surface area (Å²) in [5.41, 5.74) is 5.01. The maximum absolute atomic E-state index is 12.9. The number of aryl methyl sites for hydroxylation is 3. The first-order chi connectivity index (χ1) is 14.3. The number of urea groups is 1. The zero-order chi connectivity index (χ0) is 21.8. The van der Waals surface area contributed by atoms with Crippen molar-refractivity contribution in [3.63, 3.8) is 0 Å². The zero-order valence-electron chi connectivity index (χ0n) is 18.1. The lowest BCUT2D eigenvalue weighted by molar-refractivity contribution is -0.139. The van der Waals surface area contributed by atoms with Crippen LogP contribution in [-0.4, -0.2) is 37.2 Å². The van der Waals surface area contributed by atoms with E-state index in [1.54, 1.807) is 14.0 Å². The van der Waals surface area contributed by atoms with Crippen molar-refractivity contribution in [2.45, 2.75) is 33.7 Å². The topological polar surface area (TPSA) is 67.9 Å². The number of nitrogens with zero attached hydrogens (tertiary/aromatic N) is 1. The summed E-state index contributed by atoms with van der Waals surface area (Å²) in [6, 6.07) is 12.6. The fraction of sp³-hybridized carbons (Fsp3) is 0.333. The lowest BCUT2D eigenvalue weighted by Crippen LogP contribution is -2.48. The van der Waals surface area contributed by atoms with Crippen LogP contribution in [0.2, 0.25) is 0 Å². The summed E-state index contributed by atoms with van der Waals surface area (Å²) in [6.07, 6.45) is 0. The summed E-state index contributed by atoms with van der Waals surface area (Å²) in [7, 11) is 1.63. The van der Waals surface area contributed by atoms with Crippen LogP contribution in [0.3, 0.4) is 0 Å². The zero-order valence-corrected chi connectivity index (χ0v) is 18.1. The highest BCUT2D eigenvalue weighted by atomic mass is 16.5. The lowest BCUT2D eigenvalue weighted by Gasteiger charge is -2.34. The molecule has 6 nitrogen and oxygen atoms in total. The van der Waals surface area contributed by atoms with E-state index in [0.29, 0.717) is 17.0 Å². The van der Waals surface area contributed by atoms with E-state index >= 15 is 0 Å². The average molecular weight is 408 g/mol. The first kappa shape index (κ1) is 21.4. The Balaban J connectivity index is 2.03. The highest BCUT2D eigenvalue weighted by Gasteiger charge is 2.37. The van der Waals surface area contributed by atoms with E-state index in [0.717, 1.165) is 16.7 Å². The van der Waals surface area contributed by atoms with E-state index in [2.05, 4.69) is 5.32 Å². The molecule has 3 rings (SSSR count). The third kappa shape index (κ3) is 4.48. The molecule has 1 atom stereocenters. The Morgan fingerprint density at radius 2 is 1.87 bits per heavy atom. The summed E-state index contributed by atoms with van der Waals surface area (Å²) >= 11 is 0. The molecule has 0 bridgehead atoms. The minimum atomic E-state index is -0.606. The van der Waals surface area contributed by atoms with Gasteiger partial charge in [-0.05, 0) is 56.5 Å². The summed E-state index contributed by atoms with van der Waals surface area (Å²) in [5.74, 6) is 0.217. The Kier molecular flexibility index (Phi) is 6.45. The van der Waals surface area contributed by atoms with Gasteiger partial charge in [0.15, 0.2) is 0 Å². The number of carbonyl (C=O) groups is 2. The Hall–Kier alpha value is -3.28. The van der Waals surface area contributed by atoms with Gasteiger partial charge in [0.05, 0.1) is 23.9 Å². The number of hydrogen-bond acceptors (Lipinski definition) is 4. The van der Waals surface area contributed by atoms with Gasteiger partial charge in [0.1, 0.15) is 12.4 Å². The fourth-order valence-corrected chi connectivity index (χ4v) is 3.44. The molecule has 0 fully saturated rings. The highest BCUT2D eigenvalue weighted by molar-refractivity contribution is 5.95. The van der Waals surface area contributed by atoms with Gasteiger partial charge >= 0.3 is 12.0 Å². The van der Waals surface area contributed by atoms with Crippen molar-refractivity contribution in [3.8, 4) is 5.75 Å². The molecule has 2 amide bonds. The van der Waals surface area contributed by atoms with Crippen LogP contribution in [0, 0.1) is 20.8 Å². The molecule has 6 heteroatoms. The van der Waals surface area contributed by atoms with E-state index in [1.165, 1.54) is 10.5 Å². The van der Waals surface area contributed by atoms with Crippen LogP contribution >= 0.6 is 0 Å². The first-order valence-electron chi connectivity index (χ1n) is 10.0. The predicted molar refractivity (Wildman–Crippen MR) is 115 cm³/mol. The van der Waals surface area contributed by atoms with E-state index in [1.807, 2.05) is 63.2 Å². The fourth-order valence-electron chi connectivity index (χ4n) is 3.44. The van der Waals surface area contributed by atoms with Gasteiger partial charge in [-0.3, -0.25) is 4.90 Å². The molecule has 0 spiro atoms. The quantitative estimate of drug-likeness (QED) is 0.728. The standard InChI is InChI=1S/C24H28N2O4/c1-6-29-23(27)21-20(14-30-19-11-10-16(3)17(4)13-19)26(5)24(28)25-22(21)18-9-7-8-15(2)12-18/h7-13,22H,6,14H2,1-5H3,(H,25,28)/t22-/m0/s1. The molecule has 0 unspecified atom stereocenters. The molecule has 0 saturated carbocycles. The van der Waals surface area contributed by atoms with Crippen molar-refractivity contribution in [3.05, 3.63) is 76.0 Å². The lowest BCUT2D eigenvalue weighted by atomic mass is 9.94. The van der Waals surface area contributed by atoms with E-state index < -0.39 is 12.0 Å². The molecule has 158 valence electrons. The summed E-state index contributed by atoms with van der Waals surface area (Å²) < 4.78 is 11.3. The number of esters is 1. The van der Waals surface area contributed by atoms with Crippen molar-refractivity contribution in [1.82, 2.24) is 10.2 Å².